The Kier molecular flexibility index (Phi) is 7.62. The summed E-state index contributed by atoms with van der Waals surface area (Å²) in [6, 6.07) is 9.59. The molecule has 1 aliphatic carbocycles. The van der Waals surface area contributed by atoms with E-state index < -0.39 is 35.6 Å². The number of aliphatic hydroxyl groups excluding tert-OH is 2. The number of hydrogen-bond acceptors (Lipinski definition) is 5. The van der Waals surface area contributed by atoms with Crippen LogP contribution in [0.4, 0.5) is 0 Å². The number of esters is 1. The average Bonchev–Trinajstić information content (AvgIpc) is 3.09. The quantitative estimate of drug-likeness (QED) is 0.446. The third-order valence-electron chi connectivity index (χ3n) is 8.04. The molecule has 0 bridgehead atoms. The van der Waals surface area contributed by atoms with Crippen molar-refractivity contribution in [2.24, 2.45) is 23.7 Å². The zero-order chi connectivity index (χ0) is 25.2. The highest BCUT2D eigenvalue weighted by Crippen LogP contribution is 2.52. The maximum absolute atomic E-state index is 13.7. The van der Waals surface area contributed by atoms with Crippen molar-refractivity contribution < 1.29 is 24.5 Å². The summed E-state index contributed by atoms with van der Waals surface area (Å²) in [5, 5.41) is 24.7. The van der Waals surface area contributed by atoms with Crippen LogP contribution in [0.25, 0.3) is 0 Å². The average molecular weight is 480 g/mol. The fourth-order valence-corrected chi connectivity index (χ4v) is 6.09. The Morgan fingerprint density at radius 2 is 1.86 bits per heavy atom. The zero-order valence-corrected chi connectivity index (χ0v) is 20.6. The molecule has 0 unspecified atom stereocenters. The normalized spacial score (nSPS) is 40.0. The molecular weight excluding hydrogens is 442 g/mol. The standard InChI is InChI=1S/C29H37NO5/c1-18-9-7-13-22(31)15-16-25(32)35-29-23(14-8-10-18)27(33)20(3)19(2)26(29)24(30-28(29)34)17-21-11-5-4-6-12-21/h4-6,8,11-12,14-16,18-19,22-24,26-27,31,33H,3,7,9-10,13,17H2,1-2H3,(H,30,34)/b14-8+,16-15-/t18-,19-,22-,23-,24-,26+,27-,29-/m1/s1. The third kappa shape index (κ3) is 5.00. The Morgan fingerprint density at radius 3 is 2.60 bits per heavy atom. The number of aliphatic hydroxyl groups is 2. The zero-order valence-electron chi connectivity index (χ0n) is 20.6. The summed E-state index contributed by atoms with van der Waals surface area (Å²) < 4.78 is 6.05. The molecule has 8 atom stereocenters. The first-order valence-electron chi connectivity index (χ1n) is 12.7. The van der Waals surface area contributed by atoms with Gasteiger partial charge in [-0.15, -0.1) is 0 Å². The molecule has 188 valence electrons. The van der Waals surface area contributed by atoms with Gasteiger partial charge >= 0.3 is 5.97 Å². The maximum atomic E-state index is 13.7. The summed E-state index contributed by atoms with van der Waals surface area (Å²) in [4.78, 5) is 26.8. The first-order valence-corrected chi connectivity index (χ1v) is 12.7. The van der Waals surface area contributed by atoms with Gasteiger partial charge < -0.3 is 20.3 Å². The third-order valence-corrected chi connectivity index (χ3v) is 8.04. The number of amides is 1. The summed E-state index contributed by atoms with van der Waals surface area (Å²) in [5.41, 5.74) is 0.136. The second-order valence-corrected chi connectivity index (χ2v) is 10.5. The lowest BCUT2D eigenvalue weighted by Gasteiger charge is -2.49. The lowest BCUT2D eigenvalue weighted by atomic mass is 9.59. The van der Waals surface area contributed by atoms with Gasteiger partial charge in [0.25, 0.3) is 5.91 Å². The Balaban J connectivity index is 1.78. The number of hydrogen-bond donors (Lipinski definition) is 3. The topological polar surface area (TPSA) is 95.9 Å². The second-order valence-electron chi connectivity index (χ2n) is 10.5. The predicted octanol–water partition coefficient (Wildman–Crippen LogP) is 3.49. The van der Waals surface area contributed by atoms with E-state index in [4.69, 9.17) is 4.74 Å². The highest BCUT2D eigenvalue weighted by Gasteiger charge is 2.67. The van der Waals surface area contributed by atoms with E-state index in [1.165, 1.54) is 12.2 Å². The lowest BCUT2D eigenvalue weighted by Crippen LogP contribution is -2.61. The molecule has 1 saturated heterocycles. The van der Waals surface area contributed by atoms with Gasteiger partial charge in [-0.2, -0.15) is 0 Å². The van der Waals surface area contributed by atoms with Crippen molar-refractivity contribution in [3.8, 4) is 0 Å². The molecule has 0 aromatic heterocycles. The van der Waals surface area contributed by atoms with E-state index in [9.17, 15) is 19.8 Å². The van der Waals surface area contributed by atoms with Gasteiger partial charge in [0, 0.05) is 18.0 Å². The van der Waals surface area contributed by atoms with E-state index in [2.05, 4.69) is 18.8 Å². The van der Waals surface area contributed by atoms with E-state index in [0.717, 1.165) is 24.8 Å². The Bertz CT molecular complexity index is 1000. The monoisotopic (exact) mass is 479 g/mol. The van der Waals surface area contributed by atoms with Gasteiger partial charge in [-0.1, -0.05) is 75.8 Å². The van der Waals surface area contributed by atoms with Crippen LogP contribution in [0.15, 0.2) is 66.8 Å². The van der Waals surface area contributed by atoms with Gasteiger partial charge in [0.05, 0.1) is 18.1 Å². The van der Waals surface area contributed by atoms with Crippen LogP contribution >= 0.6 is 0 Å². The number of carbonyl (C=O) groups excluding carboxylic acids is 2. The van der Waals surface area contributed by atoms with Crippen LogP contribution < -0.4 is 5.32 Å². The van der Waals surface area contributed by atoms with Crippen molar-refractivity contribution in [1.82, 2.24) is 5.32 Å². The smallest absolute Gasteiger partial charge is 0.331 e. The molecule has 1 aromatic rings. The summed E-state index contributed by atoms with van der Waals surface area (Å²) in [5.74, 6) is -2.13. The van der Waals surface area contributed by atoms with Gasteiger partial charge in [-0.05, 0) is 48.3 Å². The van der Waals surface area contributed by atoms with Crippen molar-refractivity contribution in [3.05, 3.63) is 72.4 Å². The molecule has 1 aromatic carbocycles. The molecule has 4 rings (SSSR count). The molecule has 1 amide bonds. The van der Waals surface area contributed by atoms with E-state index in [-0.39, 0.29) is 17.9 Å². The van der Waals surface area contributed by atoms with Crippen molar-refractivity contribution in [2.75, 3.05) is 0 Å². The molecule has 0 radical (unpaired) electrons. The van der Waals surface area contributed by atoms with E-state index in [1.54, 1.807) is 0 Å². The SMILES string of the molecule is C=C1[C@@H](C)[C@H]2[C@@H](Cc3ccccc3)NC(=O)[C@]23OC(=O)/C=C\[C@H](O)CCC[C@@H](C)C/C=C/[C@@H]3[C@@H]1O. The predicted molar refractivity (Wildman–Crippen MR) is 134 cm³/mol. The maximum Gasteiger partial charge on any atom is 0.331 e. The van der Waals surface area contributed by atoms with E-state index >= 15 is 0 Å². The van der Waals surface area contributed by atoms with Crippen molar-refractivity contribution >= 4 is 11.9 Å². The van der Waals surface area contributed by atoms with Gasteiger partial charge in [-0.3, -0.25) is 4.79 Å². The summed E-state index contributed by atoms with van der Waals surface area (Å²) >= 11 is 0. The fourth-order valence-electron chi connectivity index (χ4n) is 6.09. The Morgan fingerprint density at radius 1 is 1.11 bits per heavy atom. The van der Waals surface area contributed by atoms with Gasteiger partial charge in [0.2, 0.25) is 5.60 Å². The molecule has 6 nitrogen and oxygen atoms in total. The summed E-state index contributed by atoms with van der Waals surface area (Å²) in [7, 11) is 0. The molecule has 1 saturated carbocycles. The minimum absolute atomic E-state index is 0.262. The molecular formula is C29H37NO5. The number of rotatable bonds is 2. The molecule has 6 heteroatoms. The molecule has 2 aliphatic heterocycles. The van der Waals surface area contributed by atoms with Crippen molar-refractivity contribution in [1.29, 1.82) is 0 Å². The van der Waals surface area contributed by atoms with Crippen LogP contribution in [-0.4, -0.2) is 45.9 Å². The molecule has 3 N–H and O–H groups in total. The largest absolute Gasteiger partial charge is 0.445 e. The summed E-state index contributed by atoms with van der Waals surface area (Å²) in [6.45, 7) is 8.27. The number of ether oxygens (including phenoxy) is 1. The van der Waals surface area contributed by atoms with Gasteiger partial charge in [0.1, 0.15) is 0 Å². The Hall–Kier alpha value is -2.70. The van der Waals surface area contributed by atoms with Crippen LogP contribution in [0.5, 0.6) is 0 Å². The highest BCUT2D eigenvalue weighted by atomic mass is 16.6. The second kappa shape index (κ2) is 10.5. The summed E-state index contributed by atoms with van der Waals surface area (Å²) in [6.07, 6.45) is 8.39. The molecule has 35 heavy (non-hydrogen) atoms. The van der Waals surface area contributed by atoms with Crippen molar-refractivity contribution in [3.63, 3.8) is 0 Å². The van der Waals surface area contributed by atoms with E-state index in [1.807, 2.05) is 49.4 Å². The number of allylic oxidation sites excluding steroid dienone is 1. The van der Waals surface area contributed by atoms with Crippen LogP contribution in [0.3, 0.4) is 0 Å². The first kappa shape index (κ1) is 25.4. The highest BCUT2D eigenvalue weighted by molar-refractivity contribution is 5.94. The van der Waals surface area contributed by atoms with Gasteiger partial charge in [-0.25, -0.2) is 4.79 Å². The van der Waals surface area contributed by atoms with Crippen LogP contribution in [0, 0.1) is 23.7 Å². The number of benzene rings is 1. The Labute approximate surface area is 207 Å². The van der Waals surface area contributed by atoms with Gasteiger partial charge in [0.15, 0.2) is 0 Å². The fraction of sp³-hybridized carbons (Fsp3) is 0.517. The molecule has 2 heterocycles. The van der Waals surface area contributed by atoms with Crippen LogP contribution in [-0.2, 0) is 20.7 Å². The molecule has 1 spiro atoms. The lowest BCUT2D eigenvalue weighted by molar-refractivity contribution is -0.182. The molecule has 3 aliphatic rings. The minimum atomic E-state index is -1.57. The van der Waals surface area contributed by atoms with Crippen LogP contribution in [0.2, 0.25) is 0 Å². The molecule has 2 fully saturated rings. The minimum Gasteiger partial charge on any atom is -0.445 e. The van der Waals surface area contributed by atoms with Crippen molar-refractivity contribution in [2.45, 2.75) is 69.8 Å². The van der Waals surface area contributed by atoms with Crippen LogP contribution in [0.1, 0.15) is 45.1 Å². The number of nitrogens with one attached hydrogen (secondary N) is 1. The number of carbonyl (C=O) groups is 2. The first-order chi connectivity index (χ1) is 16.7. The van der Waals surface area contributed by atoms with E-state index in [0.29, 0.717) is 24.3 Å².